The summed E-state index contributed by atoms with van der Waals surface area (Å²) in [5.41, 5.74) is -3.83. The molecular formula is C20H19F2N3O5. The van der Waals surface area contributed by atoms with Crippen molar-refractivity contribution in [3.05, 3.63) is 63.1 Å². The summed E-state index contributed by atoms with van der Waals surface area (Å²) in [4.78, 5) is 39.3. The molecule has 0 radical (unpaired) electrons. The van der Waals surface area contributed by atoms with Crippen LogP contribution >= 0.6 is 0 Å². The molecule has 8 nitrogen and oxygen atoms in total. The van der Waals surface area contributed by atoms with Gasteiger partial charge in [-0.05, 0) is 19.4 Å². The Morgan fingerprint density at radius 1 is 1.47 bits per heavy atom. The van der Waals surface area contributed by atoms with Crippen LogP contribution in [0.3, 0.4) is 0 Å². The highest BCUT2D eigenvalue weighted by atomic mass is 19.1. The van der Waals surface area contributed by atoms with Crippen molar-refractivity contribution in [1.29, 1.82) is 0 Å². The minimum atomic E-state index is -3.03. The summed E-state index contributed by atoms with van der Waals surface area (Å²) >= 11 is 0. The maximum absolute atomic E-state index is 14.1. The number of carbonyl (C=O) groups excluding carboxylic acids is 2. The monoisotopic (exact) mass is 426 g/mol. The number of amides is 2. The summed E-state index contributed by atoms with van der Waals surface area (Å²) < 4.78 is 89.4. The van der Waals surface area contributed by atoms with E-state index in [1.54, 1.807) is 5.32 Å². The zero-order valence-electron chi connectivity index (χ0n) is 22.3. The van der Waals surface area contributed by atoms with Crippen molar-refractivity contribution in [2.75, 3.05) is 6.56 Å². The molecule has 0 bridgehead atoms. The summed E-state index contributed by atoms with van der Waals surface area (Å²) in [6, 6.07) is 0.299. The van der Waals surface area contributed by atoms with Crippen LogP contribution in [0, 0.1) is 11.6 Å². The van der Waals surface area contributed by atoms with E-state index in [2.05, 4.69) is 0 Å². The molecule has 0 saturated carbocycles. The van der Waals surface area contributed by atoms with Crippen LogP contribution in [0.15, 0.2) is 29.2 Å². The summed E-state index contributed by atoms with van der Waals surface area (Å²) in [7, 11) is 0. The average Bonchev–Trinajstić information content (AvgIpc) is 2.73. The lowest BCUT2D eigenvalue weighted by Crippen LogP contribution is -2.57. The van der Waals surface area contributed by atoms with Crippen molar-refractivity contribution < 1.29 is 37.8 Å². The molecule has 0 aliphatic carbocycles. The second-order valence-corrected chi connectivity index (χ2v) is 6.49. The van der Waals surface area contributed by atoms with E-state index >= 15 is 0 Å². The number of halogens is 2. The maximum atomic E-state index is 14.1. The Morgan fingerprint density at radius 3 is 2.97 bits per heavy atom. The van der Waals surface area contributed by atoms with E-state index in [4.69, 9.17) is 14.3 Å². The predicted octanol–water partition coefficient (Wildman–Crippen LogP) is 1.35. The molecular weight excluding hydrogens is 400 g/mol. The third-order valence-corrected chi connectivity index (χ3v) is 4.56. The average molecular weight is 426 g/mol. The van der Waals surface area contributed by atoms with Gasteiger partial charge in [0.05, 0.1) is 20.0 Å². The SMILES string of the molecule is [2H]C([2H])(NC(=O)c1cn2c(c(O)c1=O)C(=O)N1[C@H](C)C([2H])([2H])C([2H])([2H])O[C@@]1([2H])C2)c1ccc(F)cc1F. The number of nitrogens with one attached hydrogen (secondary N) is 1. The van der Waals surface area contributed by atoms with Gasteiger partial charge in [0.2, 0.25) is 5.43 Å². The van der Waals surface area contributed by atoms with E-state index in [0.717, 1.165) is 23.6 Å². The van der Waals surface area contributed by atoms with Gasteiger partial charge in [0.25, 0.3) is 11.8 Å². The van der Waals surface area contributed by atoms with Crippen molar-refractivity contribution in [3.63, 3.8) is 0 Å². The molecule has 1 saturated heterocycles. The lowest BCUT2D eigenvalue weighted by Gasteiger charge is -2.44. The van der Waals surface area contributed by atoms with Crippen LogP contribution in [0.2, 0.25) is 0 Å². The molecule has 2 N–H and O–H groups in total. The Balaban J connectivity index is 1.76. The van der Waals surface area contributed by atoms with Crippen LogP contribution < -0.4 is 10.7 Å². The van der Waals surface area contributed by atoms with Crippen LogP contribution in [-0.2, 0) is 17.8 Å². The predicted molar refractivity (Wildman–Crippen MR) is 99.9 cm³/mol. The summed E-state index contributed by atoms with van der Waals surface area (Å²) in [5, 5.41) is 12.3. The van der Waals surface area contributed by atoms with E-state index < -0.39 is 89.7 Å². The number of nitrogens with zero attached hydrogens (tertiary/aromatic N) is 2. The van der Waals surface area contributed by atoms with E-state index in [1.807, 2.05) is 0 Å². The van der Waals surface area contributed by atoms with E-state index in [0.29, 0.717) is 17.2 Å². The van der Waals surface area contributed by atoms with Crippen molar-refractivity contribution in [2.45, 2.75) is 38.6 Å². The van der Waals surface area contributed by atoms with Crippen LogP contribution in [0.4, 0.5) is 8.78 Å². The molecule has 2 aliphatic heterocycles. The number of benzene rings is 1. The fourth-order valence-electron chi connectivity index (χ4n) is 3.10. The molecule has 1 fully saturated rings. The molecule has 2 aromatic rings. The smallest absolute Gasteiger partial charge is 0.276 e. The Bertz CT molecular complexity index is 1400. The Morgan fingerprint density at radius 2 is 2.23 bits per heavy atom. The molecule has 2 aliphatic rings. The fraction of sp³-hybridized carbons (Fsp3) is 0.350. The fourth-order valence-corrected chi connectivity index (χ4v) is 3.10. The van der Waals surface area contributed by atoms with Gasteiger partial charge in [0.1, 0.15) is 17.2 Å². The normalized spacial score (nSPS) is 30.2. The second-order valence-electron chi connectivity index (χ2n) is 6.49. The first-order valence-electron chi connectivity index (χ1n) is 12.1. The third kappa shape index (κ3) is 3.32. The van der Waals surface area contributed by atoms with Crippen LogP contribution in [0.1, 0.15) is 49.3 Å². The lowest BCUT2D eigenvalue weighted by molar-refractivity contribution is -0.112. The molecule has 30 heavy (non-hydrogen) atoms. The summed E-state index contributed by atoms with van der Waals surface area (Å²) in [6.45, 7) is -5.63. The molecule has 0 unspecified atom stereocenters. The third-order valence-electron chi connectivity index (χ3n) is 4.56. The van der Waals surface area contributed by atoms with Gasteiger partial charge >= 0.3 is 0 Å². The molecule has 2 amide bonds. The van der Waals surface area contributed by atoms with Gasteiger partial charge in [-0.25, -0.2) is 8.78 Å². The lowest BCUT2D eigenvalue weighted by atomic mass is 10.1. The molecule has 0 spiro atoms. The van der Waals surface area contributed by atoms with Gasteiger partial charge < -0.3 is 24.6 Å². The Kier molecular flexibility index (Phi) is 3.29. The largest absolute Gasteiger partial charge is 0.503 e. The quantitative estimate of drug-likeness (QED) is 0.772. The molecule has 10 heteroatoms. The number of aromatic nitrogens is 1. The van der Waals surface area contributed by atoms with Crippen molar-refractivity contribution >= 4 is 11.8 Å². The van der Waals surface area contributed by atoms with Crippen LogP contribution in [-0.4, -0.2) is 45.2 Å². The molecule has 1 aromatic heterocycles. The van der Waals surface area contributed by atoms with E-state index in [1.165, 1.54) is 0 Å². The molecule has 3 heterocycles. The molecule has 4 rings (SSSR count). The van der Waals surface area contributed by atoms with Gasteiger partial charge in [-0.3, -0.25) is 14.4 Å². The first-order chi connectivity index (χ1) is 16.8. The van der Waals surface area contributed by atoms with Gasteiger partial charge in [0.15, 0.2) is 17.6 Å². The highest BCUT2D eigenvalue weighted by molar-refractivity contribution is 5.99. The van der Waals surface area contributed by atoms with E-state index in [-0.39, 0.29) is 0 Å². The van der Waals surface area contributed by atoms with Crippen LogP contribution in [0.5, 0.6) is 5.75 Å². The highest BCUT2D eigenvalue weighted by Crippen LogP contribution is 2.29. The van der Waals surface area contributed by atoms with Gasteiger partial charge in [-0.2, -0.15) is 0 Å². The zero-order chi connectivity index (χ0) is 27.9. The minimum absolute atomic E-state index is 0.385. The number of carbonyl (C=O) groups is 2. The van der Waals surface area contributed by atoms with E-state index in [9.17, 15) is 28.3 Å². The number of ether oxygens (including phenoxy) is 1. The summed E-state index contributed by atoms with van der Waals surface area (Å²) in [6.07, 6.45) is -4.63. The highest BCUT2D eigenvalue weighted by Gasteiger charge is 2.41. The number of aromatic hydroxyl groups is 1. The summed E-state index contributed by atoms with van der Waals surface area (Å²) in [5.74, 6) is -6.30. The molecule has 1 aromatic carbocycles. The number of rotatable bonds is 3. The number of fused-ring (bicyclic) bond motifs is 2. The molecule has 158 valence electrons. The van der Waals surface area contributed by atoms with Gasteiger partial charge in [0, 0.05) is 33.1 Å². The second kappa shape index (κ2) is 7.52. The first kappa shape index (κ1) is 13.1. The number of hydrogen-bond donors (Lipinski definition) is 2. The first-order valence-corrected chi connectivity index (χ1v) is 8.62. The maximum Gasteiger partial charge on any atom is 0.276 e. The topological polar surface area (TPSA) is 101 Å². The number of hydrogen-bond acceptors (Lipinski definition) is 5. The van der Waals surface area contributed by atoms with Crippen molar-refractivity contribution in [3.8, 4) is 5.75 Å². The minimum Gasteiger partial charge on any atom is -0.503 e. The van der Waals surface area contributed by atoms with Gasteiger partial charge in [-0.1, -0.05) is 6.07 Å². The Labute approximate surface area is 179 Å². The van der Waals surface area contributed by atoms with Crippen molar-refractivity contribution in [1.82, 2.24) is 14.8 Å². The van der Waals surface area contributed by atoms with Crippen LogP contribution in [0.25, 0.3) is 0 Å². The zero-order valence-corrected chi connectivity index (χ0v) is 15.3. The standard InChI is InChI=1S/C20H19F2N3O5/c1-10-4-5-30-15-9-24-8-13(17(26)18(27)16(24)20(29)25(10)15)19(28)23-7-11-2-3-12(21)6-14(11)22/h2-3,6,8,10,15,27H,4-5,7,9H2,1H3,(H,23,28)/t10-,15+/m1/s1/i4D2,5D2,7D2,15D. The Hall–Kier alpha value is -3.27. The molecule has 2 atom stereocenters. The van der Waals surface area contributed by atoms with Crippen molar-refractivity contribution in [2.24, 2.45) is 0 Å². The van der Waals surface area contributed by atoms with Gasteiger partial charge in [-0.15, -0.1) is 0 Å². The number of pyridine rings is 1.